The van der Waals surface area contributed by atoms with Crippen LogP contribution in [0, 0.1) is 0 Å². The van der Waals surface area contributed by atoms with E-state index in [0.29, 0.717) is 17.5 Å². The number of carboxylic acid groups (broad SMARTS) is 1. The highest BCUT2D eigenvalue weighted by atomic mass is 19.4. The summed E-state index contributed by atoms with van der Waals surface area (Å²) >= 11 is 0. The smallest absolute Gasteiger partial charge is 0.417 e. The van der Waals surface area contributed by atoms with Crippen LogP contribution in [0.3, 0.4) is 0 Å². The first-order valence-electron chi connectivity index (χ1n) is 9.72. The topological polar surface area (TPSA) is 128 Å². The average Bonchev–Trinajstić information content (AvgIpc) is 3.17. The van der Waals surface area contributed by atoms with Crippen molar-refractivity contribution in [3.05, 3.63) is 77.7 Å². The summed E-state index contributed by atoms with van der Waals surface area (Å²) in [6, 6.07) is 10.1. The molecule has 0 aliphatic rings. The summed E-state index contributed by atoms with van der Waals surface area (Å²) < 4.78 is 48.1. The van der Waals surface area contributed by atoms with Gasteiger partial charge < -0.3 is 20.7 Å². The predicted molar refractivity (Wildman–Crippen MR) is 115 cm³/mol. The maximum atomic E-state index is 13.9. The third kappa shape index (κ3) is 4.28. The first-order chi connectivity index (χ1) is 16.1. The summed E-state index contributed by atoms with van der Waals surface area (Å²) in [5.74, 6) is -0.492. The molecule has 0 saturated heterocycles. The number of ether oxygens (including phenoxy) is 1. The number of carbonyl (C=O) groups excluding carboxylic acids is 1. The maximum Gasteiger partial charge on any atom is 0.417 e. The molecule has 0 bridgehead atoms. The van der Waals surface area contributed by atoms with Gasteiger partial charge in [-0.1, -0.05) is 6.07 Å². The molecule has 2 aromatic heterocycles. The fourth-order valence-corrected chi connectivity index (χ4v) is 3.55. The second kappa shape index (κ2) is 8.52. The minimum atomic E-state index is -4.84. The molecule has 0 fully saturated rings. The molecule has 0 radical (unpaired) electrons. The number of halogens is 3. The molecule has 4 aromatic rings. The van der Waals surface area contributed by atoms with E-state index in [9.17, 15) is 33.0 Å². The Morgan fingerprint density at radius 1 is 1.03 bits per heavy atom. The molecule has 0 atom stereocenters. The van der Waals surface area contributed by atoms with Crippen molar-refractivity contribution in [2.75, 3.05) is 0 Å². The van der Waals surface area contributed by atoms with Gasteiger partial charge in [0.1, 0.15) is 11.5 Å². The highest BCUT2D eigenvalue weighted by Crippen LogP contribution is 2.42. The van der Waals surface area contributed by atoms with Crippen molar-refractivity contribution in [3.63, 3.8) is 0 Å². The number of nitrogens with two attached hydrogens (primary N) is 1. The standard InChI is InChI=1S/C23H16F3N3O5/c24-23(25,26)19-7-12(21(27)31)1-3-16(19)18-10-29(22(32)33)20-4-2-14(9-17(18)20)34-15-5-6-28-13(8-15)11-30/h1-10,30H,11H2,(H2,27,31)(H,32,33). The lowest BCUT2D eigenvalue weighted by Crippen LogP contribution is -2.14. The number of pyridine rings is 1. The van der Waals surface area contributed by atoms with Gasteiger partial charge in [-0.05, 0) is 42.0 Å². The third-order valence-electron chi connectivity index (χ3n) is 5.07. The lowest BCUT2D eigenvalue weighted by molar-refractivity contribution is -0.137. The van der Waals surface area contributed by atoms with E-state index in [1.165, 1.54) is 36.5 Å². The highest BCUT2D eigenvalue weighted by molar-refractivity contribution is 6.02. The Hall–Kier alpha value is -4.38. The predicted octanol–water partition coefficient (Wildman–Crippen LogP) is 4.63. The van der Waals surface area contributed by atoms with Crippen LogP contribution in [0.15, 0.2) is 60.9 Å². The molecule has 0 spiro atoms. The lowest BCUT2D eigenvalue weighted by atomic mass is 9.96. The van der Waals surface area contributed by atoms with Gasteiger partial charge in [0, 0.05) is 35.0 Å². The molecule has 34 heavy (non-hydrogen) atoms. The van der Waals surface area contributed by atoms with Crippen LogP contribution in [0.1, 0.15) is 21.6 Å². The number of aromatic nitrogens is 2. The fraction of sp³-hybridized carbons (Fsp3) is 0.0870. The third-order valence-corrected chi connectivity index (χ3v) is 5.07. The van der Waals surface area contributed by atoms with Gasteiger partial charge >= 0.3 is 12.3 Å². The quantitative estimate of drug-likeness (QED) is 0.389. The minimum Gasteiger partial charge on any atom is -0.464 e. The molecular formula is C23H16F3N3O5. The van der Waals surface area contributed by atoms with Crippen molar-refractivity contribution < 1.29 is 37.7 Å². The van der Waals surface area contributed by atoms with Crippen LogP contribution in [0.5, 0.6) is 11.5 Å². The molecule has 174 valence electrons. The molecular weight excluding hydrogens is 455 g/mol. The number of nitrogens with zero attached hydrogens (tertiary/aromatic N) is 2. The van der Waals surface area contributed by atoms with Crippen LogP contribution < -0.4 is 10.5 Å². The van der Waals surface area contributed by atoms with E-state index in [1.807, 2.05) is 0 Å². The molecule has 8 nitrogen and oxygen atoms in total. The summed E-state index contributed by atoms with van der Waals surface area (Å²) in [4.78, 5) is 27.1. The maximum absolute atomic E-state index is 13.9. The first-order valence-corrected chi connectivity index (χ1v) is 9.72. The van der Waals surface area contributed by atoms with Gasteiger partial charge in [-0.2, -0.15) is 13.2 Å². The number of hydrogen-bond donors (Lipinski definition) is 3. The van der Waals surface area contributed by atoms with Crippen LogP contribution in [0.25, 0.3) is 22.0 Å². The SMILES string of the molecule is NC(=O)c1ccc(-c2cn(C(=O)O)c3ccc(Oc4ccnc(CO)c4)cc23)c(C(F)(F)F)c1. The van der Waals surface area contributed by atoms with E-state index in [4.69, 9.17) is 10.5 Å². The number of primary amides is 1. The molecule has 0 aliphatic carbocycles. The Kier molecular flexibility index (Phi) is 5.71. The molecule has 1 amide bonds. The Labute approximate surface area is 189 Å². The van der Waals surface area contributed by atoms with Crippen molar-refractivity contribution in [3.8, 4) is 22.6 Å². The Morgan fingerprint density at radius 2 is 1.76 bits per heavy atom. The van der Waals surface area contributed by atoms with Crippen LogP contribution in [0.2, 0.25) is 0 Å². The van der Waals surface area contributed by atoms with Crippen LogP contribution >= 0.6 is 0 Å². The normalized spacial score (nSPS) is 11.5. The van der Waals surface area contributed by atoms with E-state index in [1.54, 1.807) is 0 Å². The van der Waals surface area contributed by atoms with Gasteiger partial charge in [0.25, 0.3) is 0 Å². The number of aliphatic hydroxyl groups is 1. The number of alkyl halides is 3. The minimum absolute atomic E-state index is 0.0306. The van der Waals surface area contributed by atoms with Crippen molar-refractivity contribution in [1.82, 2.24) is 9.55 Å². The molecule has 0 saturated carbocycles. The van der Waals surface area contributed by atoms with E-state index in [2.05, 4.69) is 4.98 Å². The largest absolute Gasteiger partial charge is 0.464 e. The van der Waals surface area contributed by atoms with Gasteiger partial charge in [0.05, 0.1) is 23.4 Å². The van der Waals surface area contributed by atoms with Crippen LogP contribution in [-0.4, -0.2) is 31.8 Å². The number of hydrogen-bond acceptors (Lipinski definition) is 5. The average molecular weight is 471 g/mol. The van der Waals surface area contributed by atoms with E-state index in [-0.39, 0.29) is 39.9 Å². The number of aliphatic hydroxyl groups excluding tert-OH is 1. The molecule has 11 heteroatoms. The van der Waals surface area contributed by atoms with Gasteiger partial charge in [-0.3, -0.25) is 14.3 Å². The van der Waals surface area contributed by atoms with Crippen molar-refractivity contribution in [2.24, 2.45) is 5.73 Å². The Bertz CT molecular complexity index is 1430. The summed E-state index contributed by atoms with van der Waals surface area (Å²) in [5.41, 5.74) is 3.79. The summed E-state index contributed by atoms with van der Waals surface area (Å²) in [5, 5.41) is 19.0. The zero-order valence-electron chi connectivity index (χ0n) is 17.2. The summed E-state index contributed by atoms with van der Waals surface area (Å²) in [6.07, 6.45) is -3.75. The molecule has 4 rings (SSSR count). The fourth-order valence-electron chi connectivity index (χ4n) is 3.55. The Morgan fingerprint density at radius 3 is 2.41 bits per heavy atom. The number of carbonyl (C=O) groups is 2. The zero-order valence-corrected chi connectivity index (χ0v) is 17.2. The molecule has 0 aliphatic heterocycles. The number of fused-ring (bicyclic) bond motifs is 1. The summed E-state index contributed by atoms with van der Waals surface area (Å²) in [6.45, 7) is -0.316. The second-order valence-corrected chi connectivity index (χ2v) is 7.24. The molecule has 2 aromatic carbocycles. The van der Waals surface area contributed by atoms with E-state index >= 15 is 0 Å². The lowest BCUT2D eigenvalue weighted by Gasteiger charge is -2.14. The molecule has 0 unspecified atom stereocenters. The first kappa shape index (κ1) is 22.8. The van der Waals surface area contributed by atoms with Gasteiger partial charge in [0.15, 0.2) is 0 Å². The van der Waals surface area contributed by atoms with Crippen LogP contribution in [-0.2, 0) is 12.8 Å². The van der Waals surface area contributed by atoms with Crippen molar-refractivity contribution in [2.45, 2.75) is 12.8 Å². The van der Waals surface area contributed by atoms with Crippen molar-refractivity contribution >= 4 is 22.9 Å². The Balaban J connectivity index is 1.91. The van der Waals surface area contributed by atoms with Crippen LogP contribution in [0.4, 0.5) is 18.0 Å². The number of amides is 1. The van der Waals surface area contributed by atoms with E-state index < -0.39 is 23.7 Å². The van der Waals surface area contributed by atoms with Gasteiger partial charge in [-0.15, -0.1) is 0 Å². The molecule has 4 N–H and O–H groups in total. The van der Waals surface area contributed by atoms with E-state index in [0.717, 1.165) is 22.9 Å². The monoisotopic (exact) mass is 471 g/mol. The van der Waals surface area contributed by atoms with Crippen molar-refractivity contribution in [1.29, 1.82) is 0 Å². The second-order valence-electron chi connectivity index (χ2n) is 7.24. The number of benzene rings is 2. The molecule has 2 heterocycles. The zero-order chi connectivity index (χ0) is 24.6. The van der Waals surface area contributed by atoms with Gasteiger partial charge in [0.2, 0.25) is 5.91 Å². The number of rotatable bonds is 5. The van der Waals surface area contributed by atoms with Gasteiger partial charge in [-0.25, -0.2) is 4.79 Å². The highest BCUT2D eigenvalue weighted by Gasteiger charge is 2.35. The summed E-state index contributed by atoms with van der Waals surface area (Å²) in [7, 11) is 0.